The summed E-state index contributed by atoms with van der Waals surface area (Å²) in [5, 5.41) is 4.34. The molecule has 0 aromatic carbocycles. The van der Waals surface area contributed by atoms with Gasteiger partial charge in [-0.3, -0.25) is 0 Å². The van der Waals surface area contributed by atoms with Crippen molar-refractivity contribution in [2.24, 2.45) is 5.92 Å². The molecule has 1 unspecified atom stereocenters. The van der Waals surface area contributed by atoms with Crippen LogP contribution in [-0.4, -0.2) is 36.8 Å². The lowest BCUT2D eigenvalue weighted by atomic mass is 10.2. The number of hydrogen-bond donors (Lipinski definition) is 1. The van der Waals surface area contributed by atoms with Gasteiger partial charge in [0.15, 0.2) is 0 Å². The molecule has 0 aromatic rings. The molecule has 1 rings (SSSR count). The van der Waals surface area contributed by atoms with E-state index in [1.807, 2.05) is 0 Å². The van der Waals surface area contributed by atoms with E-state index < -0.39 is 0 Å². The maximum absolute atomic E-state index is 5.36. The molecule has 1 fully saturated rings. The van der Waals surface area contributed by atoms with Crippen molar-refractivity contribution >= 4 is 11.8 Å². The maximum Gasteiger partial charge on any atom is 0.0476 e. The highest BCUT2D eigenvalue weighted by molar-refractivity contribution is 7.99. The zero-order valence-corrected chi connectivity index (χ0v) is 11.1. The minimum atomic E-state index is 0.612. The number of thioether (sulfide) groups is 1. The second kappa shape index (κ2) is 7.53. The molecule has 0 radical (unpaired) electrons. The predicted molar refractivity (Wildman–Crippen MR) is 68.6 cm³/mol. The Balaban J connectivity index is 2.02. The van der Waals surface area contributed by atoms with Crippen LogP contribution in [0, 0.1) is 5.92 Å². The Morgan fingerprint density at radius 3 is 2.53 bits per heavy atom. The van der Waals surface area contributed by atoms with Crippen molar-refractivity contribution in [1.82, 2.24) is 5.32 Å². The highest BCUT2D eigenvalue weighted by atomic mass is 32.2. The Morgan fingerprint density at radius 2 is 1.93 bits per heavy atom. The van der Waals surface area contributed by atoms with Gasteiger partial charge in [-0.1, -0.05) is 20.8 Å². The van der Waals surface area contributed by atoms with Crippen molar-refractivity contribution in [2.45, 2.75) is 44.9 Å². The molecule has 3 heteroatoms. The van der Waals surface area contributed by atoms with Gasteiger partial charge in [-0.2, -0.15) is 11.8 Å². The Hall–Kier alpha value is 0.270. The summed E-state index contributed by atoms with van der Waals surface area (Å²) >= 11 is 2.14. The lowest BCUT2D eigenvalue weighted by molar-refractivity contribution is 0.1000. The van der Waals surface area contributed by atoms with E-state index >= 15 is 0 Å². The van der Waals surface area contributed by atoms with Crippen LogP contribution >= 0.6 is 11.8 Å². The second-order valence-corrected chi connectivity index (χ2v) is 6.15. The zero-order chi connectivity index (χ0) is 11.1. The summed E-state index contributed by atoms with van der Waals surface area (Å²) in [7, 11) is 0. The third-order valence-corrected chi connectivity index (χ3v) is 4.36. The van der Waals surface area contributed by atoms with Crippen LogP contribution in [0.4, 0.5) is 0 Å². The summed E-state index contributed by atoms with van der Waals surface area (Å²) in [6.45, 7) is 9.83. The Morgan fingerprint density at radius 1 is 1.27 bits per heavy atom. The zero-order valence-electron chi connectivity index (χ0n) is 10.3. The SMILES string of the molecule is CC(CNC(C)C)CSC1CCOCC1. The van der Waals surface area contributed by atoms with Crippen molar-refractivity contribution in [1.29, 1.82) is 0 Å². The van der Waals surface area contributed by atoms with Gasteiger partial charge in [-0.15, -0.1) is 0 Å². The fraction of sp³-hybridized carbons (Fsp3) is 1.00. The molecule has 0 amide bonds. The van der Waals surface area contributed by atoms with Crippen LogP contribution in [0.15, 0.2) is 0 Å². The molecule has 1 heterocycles. The first-order valence-electron chi connectivity index (χ1n) is 6.11. The van der Waals surface area contributed by atoms with Crippen molar-refractivity contribution in [3.05, 3.63) is 0 Å². The molecule has 0 aliphatic carbocycles. The molecule has 0 spiro atoms. The van der Waals surface area contributed by atoms with Gasteiger partial charge >= 0.3 is 0 Å². The molecule has 1 saturated heterocycles. The first-order valence-corrected chi connectivity index (χ1v) is 7.16. The van der Waals surface area contributed by atoms with Gasteiger partial charge in [0.25, 0.3) is 0 Å². The third kappa shape index (κ3) is 6.44. The van der Waals surface area contributed by atoms with Crippen molar-refractivity contribution in [2.75, 3.05) is 25.5 Å². The smallest absolute Gasteiger partial charge is 0.0476 e. The second-order valence-electron chi connectivity index (χ2n) is 4.81. The van der Waals surface area contributed by atoms with Crippen LogP contribution in [0.1, 0.15) is 33.6 Å². The molecule has 2 nitrogen and oxygen atoms in total. The van der Waals surface area contributed by atoms with E-state index in [1.165, 1.54) is 18.6 Å². The molecule has 1 atom stereocenters. The Labute approximate surface area is 98.5 Å². The molecule has 0 saturated carbocycles. The highest BCUT2D eigenvalue weighted by Gasteiger charge is 2.15. The average Bonchev–Trinajstić information content (AvgIpc) is 2.25. The summed E-state index contributed by atoms with van der Waals surface area (Å²) in [5.74, 6) is 2.06. The summed E-state index contributed by atoms with van der Waals surface area (Å²) in [5.41, 5.74) is 0. The van der Waals surface area contributed by atoms with E-state index in [9.17, 15) is 0 Å². The fourth-order valence-electron chi connectivity index (χ4n) is 1.64. The van der Waals surface area contributed by atoms with Crippen LogP contribution in [0.2, 0.25) is 0 Å². The van der Waals surface area contributed by atoms with E-state index in [-0.39, 0.29) is 0 Å². The van der Waals surface area contributed by atoms with Gasteiger partial charge in [0.1, 0.15) is 0 Å². The van der Waals surface area contributed by atoms with E-state index in [2.05, 4.69) is 37.8 Å². The number of hydrogen-bond acceptors (Lipinski definition) is 3. The molecular formula is C12H25NOS. The predicted octanol–water partition coefficient (Wildman–Crippen LogP) is 2.53. The fourth-order valence-corrected chi connectivity index (χ4v) is 2.88. The molecule has 0 aromatic heterocycles. The van der Waals surface area contributed by atoms with Crippen LogP contribution in [0.25, 0.3) is 0 Å². The topological polar surface area (TPSA) is 21.3 Å². The monoisotopic (exact) mass is 231 g/mol. The van der Waals surface area contributed by atoms with Crippen LogP contribution in [0.5, 0.6) is 0 Å². The van der Waals surface area contributed by atoms with Gasteiger partial charge < -0.3 is 10.1 Å². The van der Waals surface area contributed by atoms with Crippen molar-refractivity contribution in [3.8, 4) is 0 Å². The van der Waals surface area contributed by atoms with Crippen LogP contribution < -0.4 is 5.32 Å². The van der Waals surface area contributed by atoms with Gasteiger partial charge in [0.2, 0.25) is 0 Å². The van der Waals surface area contributed by atoms with Crippen LogP contribution in [0.3, 0.4) is 0 Å². The van der Waals surface area contributed by atoms with E-state index in [1.54, 1.807) is 0 Å². The summed E-state index contributed by atoms with van der Waals surface area (Å²) in [4.78, 5) is 0. The number of ether oxygens (including phenoxy) is 1. The molecule has 1 aliphatic heterocycles. The quantitative estimate of drug-likeness (QED) is 0.759. The third-order valence-electron chi connectivity index (χ3n) is 2.66. The summed E-state index contributed by atoms with van der Waals surface area (Å²) in [6, 6.07) is 0.612. The van der Waals surface area contributed by atoms with E-state index in [0.29, 0.717) is 6.04 Å². The van der Waals surface area contributed by atoms with Gasteiger partial charge in [-0.05, 0) is 31.1 Å². The molecule has 90 valence electrons. The molecule has 1 N–H and O–H groups in total. The van der Waals surface area contributed by atoms with Gasteiger partial charge in [-0.25, -0.2) is 0 Å². The lowest BCUT2D eigenvalue weighted by Crippen LogP contribution is -2.29. The van der Waals surface area contributed by atoms with Gasteiger partial charge in [0, 0.05) is 24.5 Å². The van der Waals surface area contributed by atoms with E-state index in [0.717, 1.165) is 30.9 Å². The standard InChI is InChI=1S/C12H25NOS/c1-10(2)13-8-11(3)9-15-12-4-6-14-7-5-12/h10-13H,4-9H2,1-3H3. The molecule has 1 aliphatic rings. The van der Waals surface area contributed by atoms with Crippen LogP contribution in [-0.2, 0) is 4.74 Å². The lowest BCUT2D eigenvalue weighted by Gasteiger charge is -2.23. The van der Waals surface area contributed by atoms with Gasteiger partial charge in [0.05, 0.1) is 0 Å². The molecule has 15 heavy (non-hydrogen) atoms. The summed E-state index contributed by atoms with van der Waals surface area (Å²) < 4.78 is 5.36. The normalized spacial score (nSPS) is 20.8. The first-order chi connectivity index (χ1) is 7.18. The molecular weight excluding hydrogens is 206 g/mol. The largest absolute Gasteiger partial charge is 0.381 e. The van der Waals surface area contributed by atoms with E-state index in [4.69, 9.17) is 4.74 Å². The van der Waals surface area contributed by atoms with Crippen molar-refractivity contribution < 1.29 is 4.74 Å². The minimum Gasteiger partial charge on any atom is -0.381 e. The van der Waals surface area contributed by atoms with Crippen molar-refractivity contribution in [3.63, 3.8) is 0 Å². The first kappa shape index (κ1) is 13.3. The maximum atomic E-state index is 5.36. The number of nitrogens with one attached hydrogen (secondary N) is 1. The Bertz CT molecular complexity index is 158. The minimum absolute atomic E-state index is 0.612. The average molecular weight is 231 g/mol. The number of rotatable bonds is 6. The molecule has 0 bridgehead atoms. The summed E-state index contributed by atoms with van der Waals surface area (Å²) in [6.07, 6.45) is 2.49. The Kier molecular flexibility index (Phi) is 6.69. The highest BCUT2D eigenvalue weighted by Crippen LogP contribution is 2.23.